The first-order valence-electron chi connectivity index (χ1n) is 4.20. The number of carboxylic acid groups (broad SMARTS) is 1. The fraction of sp³-hybridized carbons (Fsp3) is 0.222. The SMILES string of the molecule is Cc1c(Cl)cc(C(O)C(=O)O)cc1[N+](=O)[O-]. The van der Waals surface area contributed by atoms with Crippen LogP contribution in [0.4, 0.5) is 5.69 Å². The van der Waals surface area contributed by atoms with Crippen molar-refractivity contribution >= 4 is 23.3 Å². The van der Waals surface area contributed by atoms with Gasteiger partial charge in [-0.1, -0.05) is 11.6 Å². The quantitative estimate of drug-likeness (QED) is 0.623. The smallest absolute Gasteiger partial charge is 0.337 e. The van der Waals surface area contributed by atoms with Gasteiger partial charge in [0.05, 0.1) is 9.95 Å². The average molecular weight is 246 g/mol. The highest BCUT2D eigenvalue weighted by atomic mass is 35.5. The van der Waals surface area contributed by atoms with Crippen LogP contribution in [-0.4, -0.2) is 21.1 Å². The zero-order chi connectivity index (χ0) is 12.5. The Kier molecular flexibility index (Phi) is 3.46. The number of carbonyl (C=O) groups is 1. The molecule has 6 nitrogen and oxygen atoms in total. The Hall–Kier alpha value is -1.66. The summed E-state index contributed by atoms with van der Waals surface area (Å²) >= 11 is 5.70. The maximum absolute atomic E-state index is 10.6. The molecule has 0 bridgehead atoms. The zero-order valence-corrected chi connectivity index (χ0v) is 8.93. The maximum Gasteiger partial charge on any atom is 0.337 e. The highest BCUT2D eigenvalue weighted by Gasteiger charge is 2.22. The lowest BCUT2D eigenvalue weighted by atomic mass is 10.1. The molecule has 0 aliphatic heterocycles. The number of carboxylic acids is 1. The van der Waals surface area contributed by atoms with E-state index in [1.165, 1.54) is 13.0 Å². The van der Waals surface area contributed by atoms with E-state index in [2.05, 4.69) is 0 Å². The summed E-state index contributed by atoms with van der Waals surface area (Å²) in [7, 11) is 0. The second-order valence-corrected chi connectivity index (χ2v) is 3.55. The van der Waals surface area contributed by atoms with Crippen LogP contribution in [0.25, 0.3) is 0 Å². The van der Waals surface area contributed by atoms with E-state index in [0.29, 0.717) is 0 Å². The molecule has 0 radical (unpaired) electrons. The van der Waals surface area contributed by atoms with Crippen molar-refractivity contribution in [1.29, 1.82) is 0 Å². The van der Waals surface area contributed by atoms with Gasteiger partial charge in [-0.05, 0) is 18.6 Å². The second kappa shape index (κ2) is 4.46. The molecule has 1 rings (SSSR count). The second-order valence-electron chi connectivity index (χ2n) is 3.14. The van der Waals surface area contributed by atoms with E-state index in [0.717, 1.165) is 6.07 Å². The van der Waals surface area contributed by atoms with E-state index in [9.17, 15) is 20.0 Å². The summed E-state index contributed by atoms with van der Waals surface area (Å²) in [6.45, 7) is 1.44. The van der Waals surface area contributed by atoms with Crippen LogP contribution < -0.4 is 0 Å². The highest BCUT2D eigenvalue weighted by Crippen LogP contribution is 2.30. The predicted octanol–water partition coefficient (Wildman–Crippen LogP) is 1.67. The molecule has 7 heteroatoms. The van der Waals surface area contributed by atoms with Crippen LogP contribution >= 0.6 is 11.6 Å². The van der Waals surface area contributed by atoms with Gasteiger partial charge < -0.3 is 10.2 Å². The summed E-state index contributed by atoms with van der Waals surface area (Å²) in [5.41, 5.74) is -0.203. The summed E-state index contributed by atoms with van der Waals surface area (Å²) in [5, 5.41) is 28.5. The van der Waals surface area contributed by atoms with E-state index in [1.807, 2.05) is 0 Å². The number of nitro benzene ring substituents is 1. The minimum absolute atomic E-state index is 0.0458. The van der Waals surface area contributed by atoms with Crippen molar-refractivity contribution in [3.63, 3.8) is 0 Å². The molecule has 0 aliphatic rings. The van der Waals surface area contributed by atoms with Gasteiger partial charge in [-0.25, -0.2) is 4.79 Å². The number of rotatable bonds is 3. The summed E-state index contributed by atoms with van der Waals surface area (Å²) in [6.07, 6.45) is -1.82. The number of aliphatic hydroxyl groups is 1. The molecule has 1 aromatic rings. The third kappa shape index (κ3) is 2.29. The minimum Gasteiger partial charge on any atom is -0.479 e. The van der Waals surface area contributed by atoms with Gasteiger partial charge in [0.25, 0.3) is 5.69 Å². The van der Waals surface area contributed by atoms with Crippen LogP contribution in [0.5, 0.6) is 0 Å². The normalized spacial score (nSPS) is 12.2. The molecule has 0 saturated heterocycles. The topological polar surface area (TPSA) is 101 Å². The third-order valence-corrected chi connectivity index (χ3v) is 2.48. The first kappa shape index (κ1) is 12.4. The fourth-order valence-corrected chi connectivity index (χ4v) is 1.40. The van der Waals surface area contributed by atoms with E-state index in [4.69, 9.17) is 16.7 Å². The number of nitrogens with zero attached hydrogens (tertiary/aromatic N) is 1. The standard InChI is InChI=1S/C9H8ClNO5/c1-4-6(10)2-5(8(12)9(13)14)3-7(4)11(15)16/h2-3,8,12H,1H3,(H,13,14). The summed E-state index contributed by atoms with van der Waals surface area (Å²) in [6, 6.07) is 2.20. The van der Waals surface area contributed by atoms with Gasteiger partial charge in [0.1, 0.15) is 0 Å². The van der Waals surface area contributed by atoms with Crippen LogP contribution in [-0.2, 0) is 4.79 Å². The maximum atomic E-state index is 10.6. The first-order valence-corrected chi connectivity index (χ1v) is 4.57. The molecular formula is C9H8ClNO5. The van der Waals surface area contributed by atoms with Gasteiger partial charge >= 0.3 is 5.97 Å². The van der Waals surface area contributed by atoms with Gasteiger partial charge in [-0.2, -0.15) is 0 Å². The molecule has 16 heavy (non-hydrogen) atoms. The first-order chi connectivity index (χ1) is 7.34. The number of hydrogen-bond acceptors (Lipinski definition) is 4. The van der Waals surface area contributed by atoms with Crippen molar-refractivity contribution in [3.05, 3.63) is 38.4 Å². The van der Waals surface area contributed by atoms with Gasteiger partial charge in [0, 0.05) is 11.6 Å². The molecule has 1 atom stereocenters. The van der Waals surface area contributed by atoms with Crippen LogP contribution in [0.15, 0.2) is 12.1 Å². The fourth-order valence-electron chi connectivity index (χ4n) is 1.17. The highest BCUT2D eigenvalue weighted by molar-refractivity contribution is 6.31. The van der Waals surface area contributed by atoms with Gasteiger partial charge in [-0.15, -0.1) is 0 Å². The van der Waals surface area contributed by atoms with Crippen molar-refractivity contribution in [1.82, 2.24) is 0 Å². The number of hydrogen-bond donors (Lipinski definition) is 2. The van der Waals surface area contributed by atoms with E-state index >= 15 is 0 Å². The largest absolute Gasteiger partial charge is 0.479 e. The minimum atomic E-state index is -1.82. The zero-order valence-electron chi connectivity index (χ0n) is 8.18. The Labute approximate surface area is 95.2 Å². The van der Waals surface area contributed by atoms with E-state index < -0.39 is 17.0 Å². The average Bonchev–Trinajstić information content (AvgIpc) is 2.20. The van der Waals surface area contributed by atoms with Crippen LogP contribution in [0, 0.1) is 17.0 Å². The van der Waals surface area contributed by atoms with Gasteiger partial charge in [-0.3, -0.25) is 10.1 Å². The Morgan fingerprint density at radius 1 is 1.56 bits per heavy atom. The Morgan fingerprint density at radius 3 is 2.56 bits per heavy atom. The molecule has 86 valence electrons. The van der Waals surface area contributed by atoms with Crippen molar-refractivity contribution < 1.29 is 19.9 Å². The van der Waals surface area contributed by atoms with E-state index in [-0.39, 0.29) is 21.8 Å². The van der Waals surface area contributed by atoms with Gasteiger partial charge in [0.2, 0.25) is 0 Å². The molecule has 0 aliphatic carbocycles. The van der Waals surface area contributed by atoms with Crippen LogP contribution in [0.2, 0.25) is 5.02 Å². The predicted molar refractivity (Wildman–Crippen MR) is 55.4 cm³/mol. The molecule has 1 unspecified atom stereocenters. The number of aliphatic carboxylic acids is 1. The summed E-state index contributed by atoms with van der Waals surface area (Å²) in [4.78, 5) is 20.5. The van der Waals surface area contributed by atoms with Crippen molar-refractivity contribution in [3.8, 4) is 0 Å². The monoisotopic (exact) mass is 245 g/mol. The van der Waals surface area contributed by atoms with Crippen LogP contribution in [0.3, 0.4) is 0 Å². The molecule has 0 amide bonds. The molecule has 0 fully saturated rings. The molecule has 0 aromatic heterocycles. The molecule has 0 heterocycles. The van der Waals surface area contributed by atoms with Crippen molar-refractivity contribution in [2.75, 3.05) is 0 Å². The number of aliphatic hydroxyl groups excluding tert-OH is 1. The summed E-state index contributed by atoms with van der Waals surface area (Å²) < 4.78 is 0. The Morgan fingerprint density at radius 2 is 2.12 bits per heavy atom. The Balaban J connectivity index is 3.34. The molecule has 1 aromatic carbocycles. The lowest BCUT2D eigenvalue weighted by Gasteiger charge is -2.08. The molecule has 2 N–H and O–H groups in total. The van der Waals surface area contributed by atoms with Crippen molar-refractivity contribution in [2.24, 2.45) is 0 Å². The van der Waals surface area contributed by atoms with Gasteiger partial charge in [0.15, 0.2) is 6.10 Å². The number of nitro groups is 1. The van der Waals surface area contributed by atoms with Crippen molar-refractivity contribution in [2.45, 2.75) is 13.0 Å². The van der Waals surface area contributed by atoms with E-state index in [1.54, 1.807) is 0 Å². The lowest BCUT2D eigenvalue weighted by Crippen LogP contribution is -2.11. The van der Waals surface area contributed by atoms with Crippen LogP contribution in [0.1, 0.15) is 17.2 Å². The Bertz CT molecular complexity index is 459. The number of benzene rings is 1. The third-order valence-electron chi connectivity index (χ3n) is 2.09. The molecule has 0 saturated carbocycles. The summed E-state index contributed by atoms with van der Waals surface area (Å²) in [5.74, 6) is -1.49. The lowest BCUT2D eigenvalue weighted by molar-refractivity contribution is -0.385. The molecular weight excluding hydrogens is 238 g/mol. The molecule has 0 spiro atoms. The number of halogens is 1.